The van der Waals surface area contributed by atoms with E-state index >= 15 is 0 Å². The molecule has 58 heavy (non-hydrogen) atoms. The predicted octanol–water partition coefficient (Wildman–Crippen LogP) is 8.20. The zero-order chi connectivity index (χ0) is 41.7. The first kappa shape index (κ1) is 61.2. The summed E-state index contributed by atoms with van der Waals surface area (Å²) in [7, 11) is 0. The first-order chi connectivity index (χ1) is 26.1. The molecular weight excluding hydrogens is 1060 g/mol. The first-order valence-electron chi connectivity index (χ1n) is 17.2. The van der Waals surface area contributed by atoms with Crippen LogP contribution in [-0.4, -0.2) is 56.7 Å². The van der Waals surface area contributed by atoms with Gasteiger partial charge in [0.1, 0.15) is 32.6 Å². The summed E-state index contributed by atoms with van der Waals surface area (Å²) in [5, 5.41) is 25.7. The van der Waals surface area contributed by atoms with Gasteiger partial charge >= 0.3 is 35.5 Å². The number of esters is 1. The van der Waals surface area contributed by atoms with E-state index in [0.29, 0.717) is 41.0 Å². The molecule has 5 rings (SSSR count). The van der Waals surface area contributed by atoms with Crippen LogP contribution in [0.2, 0.25) is 0 Å². The Hall–Kier alpha value is -1.09. The number of aromatic amines is 1. The zero-order valence-corrected chi connectivity index (χ0v) is 44.3. The fraction of sp³-hybridized carbons (Fsp3) is 0.528. The summed E-state index contributed by atoms with van der Waals surface area (Å²) in [5.41, 5.74) is 7.75. The topological polar surface area (TPSA) is 196 Å². The van der Waals surface area contributed by atoms with Gasteiger partial charge in [-0.05, 0) is 114 Å². The van der Waals surface area contributed by atoms with E-state index in [1.54, 1.807) is 27.7 Å². The minimum atomic E-state index is -0.349. The summed E-state index contributed by atoms with van der Waals surface area (Å²) >= 11 is 14.4. The molecule has 3 radical (unpaired) electrons. The molecule has 0 aromatic carbocycles. The summed E-state index contributed by atoms with van der Waals surface area (Å²) in [6.45, 7) is 19.3. The number of carbonyl (C=O) groups excluding carboxylic acids is 1. The Morgan fingerprint density at radius 2 is 1.21 bits per heavy atom. The van der Waals surface area contributed by atoms with Gasteiger partial charge in [-0.1, -0.05) is 83.4 Å². The summed E-state index contributed by atoms with van der Waals surface area (Å²) in [6, 6.07) is 1.48. The number of hydrogen-bond acceptors (Lipinski definition) is 14. The molecule has 0 saturated heterocycles. The second-order valence-electron chi connectivity index (χ2n) is 11.2. The number of H-pyrrole nitrogens is 1. The third-order valence-electron chi connectivity index (χ3n) is 7.44. The Kier molecular flexibility index (Phi) is 35.4. The van der Waals surface area contributed by atoms with Crippen molar-refractivity contribution in [1.29, 1.82) is 0 Å². The first-order valence-corrected chi connectivity index (χ1v) is 26.7. The van der Waals surface area contributed by atoms with Crippen LogP contribution >= 0.6 is 78.2 Å². The molecular formula is C36H54BBr4N6NaO8PS. The van der Waals surface area contributed by atoms with Crippen molar-refractivity contribution in [2.24, 2.45) is 0 Å². The number of aliphatic hydroxyl groups excluding tert-OH is 1. The Morgan fingerprint density at radius 1 is 0.793 bits per heavy atom. The van der Waals surface area contributed by atoms with Crippen molar-refractivity contribution in [3.05, 3.63) is 90.2 Å². The molecule has 0 bridgehead atoms. The molecule has 0 aliphatic heterocycles. The summed E-state index contributed by atoms with van der Waals surface area (Å²) < 4.78 is 24.6. The smallest absolute Gasteiger partial charge is 1.00 e. The van der Waals surface area contributed by atoms with E-state index in [2.05, 4.69) is 99.9 Å². The van der Waals surface area contributed by atoms with E-state index in [4.69, 9.17) is 27.9 Å². The van der Waals surface area contributed by atoms with Gasteiger partial charge in [0.2, 0.25) is 0 Å². The average molecular weight is 1120 g/mol. The summed E-state index contributed by atoms with van der Waals surface area (Å²) in [5.74, 6) is 3.35. The van der Waals surface area contributed by atoms with Crippen molar-refractivity contribution in [2.45, 2.75) is 125 Å². The van der Waals surface area contributed by atoms with Crippen LogP contribution in [0.15, 0.2) is 34.1 Å². The number of carbonyl (C=O) groups is 1. The fourth-order valence-electron chi connectivity index (χ4n) is 4.59. The third-order valence-corrected chi connectivity index (χ3v) is 8.90. The van der Waals surface area contributed by atoms with Crippen LogP contribution in [0.3, 0.4) is 0 Å². The predicted molar refractivity (Wildman–Crippen MR) is 243 cm³/mol. The largest absolute Gasteiger partial charge is 1.00 e. The number of aliphatic hydroxyl groups is 1. The maximum absolute atomic E-state index is 11.4. The second kappa shape index (κ2) is 33.5. The van der Waals surface area contributed by atoms with Crippen molar-refractivity contribution in [1.82, 2.24) is 30.6 Å². The van der Waals surface area contributed by atoms with Crippen molar-refractivity contribution >= 4 is 92.6 Å². The van der Waals surface area contributed by atoms with Crippen LogP contribution in [0.5, 0.6) is 0 Å². The van der Waals surface area contributed by atoms with Gasteiger partial charge in [0.25, 0.3) is 5.56 Å². The Labute approximate surface area is 405 Å². The van der Waals surface area contributed by atoms with Crippen molar-refractivity contribution < 1.29 is 63.7 Å². The number of nitrogens with zero attached hydrogens (tertiary/aromatic N) is 5. The number of halogens is 4. The molecule has 0 atom stereocenters. The number of aryl methyl sites for hydroxylation is 9. The SMILES string of the molecule is BrP(Br)Br.C.CCOC(=O)c1c(CC)noc1C.CCc1noc(C)c1CBr.CCc1noc(C)c1CO.CCc1noc(C)c1CSc1nc(C)cc(=O)[nH]1.[B].[H-].[Na+]. The maximum atomic E-state index is 11.4. The molecule has 0 fully saturated rings. The molecule has 5 aromatic rings. The van der Waals surface area contributed by atoms with Gasteiger partial charge in [0, 0.05) is 47.9 Å². The molecule has 0 spiro atoms. The Balaban J connectivity index is -0.000000332. The number of ether oxygens (including phenoxy) is 1. The monoisotopic (exact) mass is 1110 g/mol. The number of rotatable bonds is 11. The van der Waals surface area contributed by atoms with Crippen molar-refractivity contribution in [2.75, 3.05) is 6.61 Å². The molecule has 14 nitrogen and oxygen atoms in total. The van der Waals surface area contributed by atoms with Crippen LogP contribution in [0, 0.1) is 34.6 Å². The van der Waals surface area contributed by atoms with E-state index in [1.807, 2.05) is 34.6 Å². The summed E-state index contributed by atoms with van der Waals surface area (Å²) in [6.07, 6.45) is 3.27. The minimum absolute atomic E-state index is 0. The van der Waals surface area contributed by atoms with E-state index in [9.17, 15) is 9.59 Å². The van der Waals surface area contributed by atoms with E-state index in [-0.39, 0.29) is 69.0 Å². The minimum Gasteiger partial charge on any atom is -1.00 e. The molecule has 0 unspecified atom stereocenters. The van der Waals surface area contributed by atoms with Crippen LogP contribution in [0.4, 0.5) is 0 Å². The second-order valence-corrected chi connectivity index (χ2v) is 28.0. The van der Waals surface area contributed by atoms with Gasteiger partial charge in [-0.15, -0.1) is 0 Å². The van der Waals surface area contributed by atoms with Gasteiger partial charge in [-0.3, -0.25) is 4.79 Å². The Bertz CT molecular complexity index is 1900. The van der Waals surface area contributed by atoms with E-state index in [0.717, 1.165) is 75.8 Å². The quantitative estimate of drug-likeness (QED) is 0.0321. The number of nitrogens with one attached hydrogen (secondary N) is 1. The van der Waals surface area contributed by atoms with Crippen LogP contribution < -0.4 is 35.1 Å². The molecule has 0 amide bonds. The maximum Gasteiger partial charge on any atom is 1.00 e. The summed E-state index contributed by atoms with van der Waals surface area (Å²) in [4.78, 5) is 29.7. The molecule has 2 N–H and O–H groups in total. The van der Waals surface area contributed by atoms with Gasteiger partial charge in [0.05, 0.1) is 36.0 Å². The molecule has 22 heteroatoms. The van der Waals surface area contributed by atoms with Crippen molar-refractivity contribution in [3.8, 4) is 0 Å². The third kappa shape index (κ3) is 21.1. The van der Waals surface area contributed by atoms with Crippen LogP contribution in [0.25, 0.3) is 0 Å². The molecule has 0 aliphatic carbocycles. The molecule has 5 heterocycles. The molecule has 0 aliphatic rings. The zero-order valence-electron chi connectivity index (χ0n) is 35.2. The number of hydrogen-bond donors (Lipinski definition) is 2. The van der Waals surface area contributed by atoms with Crippen molar-refractivity contribution in [3.63, 3.8) is 0 Å². The van der Waals surface area contributed by atoms with E-state index < -0.39 is 0 Å². The van der Waals surface area contributed by atoms with Crippen LogP contribution in [0.1, 0.15) is 122 Å². The van der Waals surface area contributed by atoms with Gasteiger partial charge in [0.15, 0.2) is 5.16 Å². The number of thioether (sulfide) groups is 1. The number of aromatic nitrogens is 6. The average Bonchev–Trinajstić information content (AvgIpc) is 3.91. The van der Waals surface area contributed by atoms with Gasteiger partial charge in [-0.2, -0.15) is 0 Å². The van der Waals surface area contributed by atoms with Gasteiger partial charge in [-0.25, -0.2) is 9.78 Å². The van der Waals surface area contributed by atoms with Crippen LogP contribution in [-0.2, 0) is 48.1 Å². The Morgan fingerprint density at radius 3 is 1.60 bits per heavy atom. The molecule has 319 valence electrons. The standard InChI is InChI=1S/C12H15N3O2S.C9H13NO3.C7H10BrNO.C7H11NO2.CH4.B.Br3P.Na.H/c1-4-10-9(8(3)17-15-10)6-18-12-13-7(2)5-11(16)14-12;1-4-7-8(6(3)13-10-7)9(11)12-5-2;1-3-7-6(4-8)5(2)10-9-7;1-3-7-6(4-9)5(2)10-8-7;;;1-4(2)3;;/h5H,4,6H2,1-3H3,(H,13,14,16);4-5H2,1-3H3;3-4H2,1-2H3;9H,3-4H2,1-2H3;1H4;;;;/q;;;;;;;+1;-1. The van der Waals surface area contributed by atoms with Gasteiger partial charge < -0.3 is 34.3 Å². The van der Waals surface area contributed by atoms with E-state index in [1.165, 1.54) is 23.4 Å². The number of alkyl halides is 1. The molecule has 0 saturated carbocycles. The molecule has 5 aromatic heterocycles. The normalized spacial score (nSPS) is 9.79. The fourth-order valence-corrected chi connectivity index (χ4v) is 6.34.